The lowest BCUT2D eigenvalue weighted by molar-refractivity contribution is 0.177. The fraction of sp³-hybridized carbons (Fsp3) is 0.300. The number of cyclic esters (lactones) is 1. The van der Waals surface area contributed by atoms with E-state index in [1.807, 2.05) is 0 Å². The molecule has 0 unspecified atom stereocenters. The molecule has 0 bridgehead atoms. The van der Waals surface area contributed by atoms with Crippen molar-refractivity contribution in [1.82, 2.24) is 5.32 Å². The van der Waals surface area contributed by atoms with Gasteiger partial charge in [0, 0.05) is 5.56 Å². The van der Waals surface area contributed by atoms with Crippen LogP contribution in [0, 0.1) is 5.82 Å². The number of nitrogens with one attached hydrogen (secondary N) is 1. The number of benzene rings is 1. The van der Waals surface area contributed by atoms with Gasteiger partial charge in [-0.2, -0.15) is 0 Å². The van der Waals surface area contributed by atoms with E-state index in [0.29, 0.717) is 11.3 Å². The number of hydrogen-bond donors (Lipinski definition) is 1. The minimum atomic E-state index is -0.494. The molecule has 1 amide bonds. The first-order valence-electron chi connectivity index (χ1n) is 4.47. The average molecular weight is 211 g/mol. The van der Waals surface area contributed by atoms with Crippen molar-refractivity contribution >= 4 is 6.09 Å². The van der Waals surface area contributed by atoms with Gasteiger partial charge >= 0.3 is 6.09 Å². The molecule has 80 valence electrons. The normalized spacial score (nSPS) is 19.6. The van der Waals surface area contributed by atoms with Gasteiger partial charge in [-0.3, -0.25) is 0 Å². The zero-order valence-electron chi connectivity index (χ0n) is 8.12. The third kappa shape index (κ3) is 1.86. The number of rotatable bonds is 2. The molecule has 4 nitrogen and oxygen atoms in total. The summed E-state index contributed by atoms with van der Waals surface area (Å²) in [5, 5.41) is 2.56. The molecule has 0 radical (unpaired) electrons. The molecule has 1 aromatic carbocycles. The lowest BCUT2D eigenvalue weighted by Gasteiger charge is -2.12. The van der Waals surface area contributed by atoms with Crippen LogP contribution in [-0.4, -0.2) is 19.8 Å². The van der Waals surface area contributed by atoms with E-state index in [-0.39, 0.29) is 18.5 Å². The van der Waals surface area contributed by atoms with Crippen molar-refractivity contribution in [1.29, 1.82) is 0 Å². The minimum Gasteiger partial charge on any atom is -0.496 e. The van der Waals surface area contributed by atoms with Crippen LogP contribution in [-0.2, 0) is 4.74 Å². The van der Waals surface area contributed by atoms with Crippen molar-refractivity contribution in [3.05, 3.63) is 29.6 Å². The monoisotopic (exact) mass is 211 g/mol. The lowest BCUT2D eigenvalue weighted by atomic mass is 10.1. The molecule has 2 rings (SSSR count). The fourth-order valence-electron chi connectivity index (χ4n) is 1.53. The molecule has 1 fully saturated rings. The van der Waals surface area contributed by atoms with E-state index in [2.05, 4.69) is 5.32 Å². The molecule has 1 aliphatic rings. The molecule has 5 heteroatoms. The molecule has 15 heavy (non-hydrogen) atoms. The molecule has 0 saturated carbocycles. The van der Waals surface area contributed by atoms with Gasteiger partial charge in [0.05, 0.1) is 13.2 Å². The third-order valence-corrected chi connectivity index (χ3v) is 2.24. The van der Waals surface area contributed by atoms with Crippen LogP contribution in [0.3, 0.4) is 0 Å². The van der Waals surface area contributed by atoms with E-state index >= 15 is 0 Å². The summed E-state index contributed by atoms with van der Waals surface area (Å²) in [6.45, 7) is 0.193. The highest BCUT2D eigenvalue weighted by molar-refractivity contribution is 5.70. The number of ether oxygens (including phenoxy) is 2. The standard InChI is InChI=1S/C10H10FNO3/c1-14-9-3-2-6(11)4-7(9)8-5-15-10(13)12-8/h2-4,8H,5H2,1H3,(H,12,13)/t8-/m0/s1. The second kappa shape index (κ2) is 3.76. The Morgan fingerprint density at radius 1 is 1.60 bits per heavy atom. The van der Waals surface area contributed by atoms with Crippen LogP contribution in [0.1, 0.15) is 11.6 Å². The summed E-state index contributed by atoms with van der Waals surface area (Å²) >= 11 is 0. The number of carbonyl (C=O) groups is 1. The minimum absolute atomic E-state index is 0.193. The average Bonchev–Trinajstić information content (AvgIpc) is 2.65. The zero-order valence-corrected chi connectivity index (χ0v) is 8.12. The highest BCUT2D eigenvalue weighted by Gasteiger charge is 2.26. The molecule has 1 aliphatic heterocycles. The number of hydrogen-bond acceptors (Lipinski definition) is 3. The van der Waals surface area contributed by atoms with Crippen molar-refractivity contribution in [2.45, 2.75) is 6.04 Å². The van der Waals surface area contributed by atoms with Gasteiger partial charge in [0.15, 0.2) is 0 Å². The predicted molar refractivity (Wildman–Crippen MR) is 50.2 cm³/mol. The Morgan fingerprint density at radius 2 is 2.40 bits per heavy atom. The quantitative estimate of drug-likeness (QED) is 0.808. The fourth-order valence-corrected chi connectivity index (χ4v) is 1.53. The second-order valence-electron chi connectivity index (χ2n) is 3.18. The summed E-state index contributed by atoms with van der Waals surface area (Å²) in [6, 6.07) is 3.82. The SMILES string of the molecule is COc1ccc(F)cc1[C@@H]1COC(=O)N1. The molecular weight excluding hydrogens is 201 g/mol. The van der Waals surface area contributed by atoms with Gasteiger partial charge in [-0.05, 0) is 18.2 Å². The smallest absolute Gasteiger partial charge is 0.407 e. The van der Waals surface area contributed by atoms with E-state index in [0.717, 1.165) is 0 Å². The molecule has 1 aromatic rings. The maximum atomic E-state index is 13.0. The molecule has 0 spiro atoms. The molecule has 0 aliphatic carbocycles. The topological polar surface area (TPSA) is 47.6 Å². The van der Waals surface area contributed by atoms with E-state index in [9.17, 15) is 9.18 Å². The van der Waals surface area contributed by atoms with Crippen LogP contribution in [0.5, 0.6) is 5.75 Å². The van der Waals surface area contributed by atoms with Crippen LogP contribution in [0.4, 0.5) is 9.18 Å². The zero-order chi connectivity index (χ0) is 10.8. The van der Waals surface area contributed by atoms with Crippen LogP contribution in [0.2, 0.25) is 0 Å². The second-order valence-corrected chi connectivity index (χ2v) is 3.18. The maximum Gasteiger partial charge on any atom is 0.407 e. The van der Waals surface area contributed by atoms with E-state index in [1.54, 1.807) is 0 Å². The van der Waals surface area contributed by atoms with Gasteiger partial charge in [0.1, 0.15) is 18.2 Å². The first-order chi connectivity index (χ1) is 7.20. The van der Waals surface area contributed by atoms with E-state index in [4.69, 9.17) is 9.47 Å². The van der Waals surface area contributed by atoms with Gasteiger partial charge in [-0.25, -0.2) is 9.18 Å². The number of methoxy groups -OCH3 is 1. The van der Waals surface area contributed by atoms with E-state index < -0.39 is 6.09 Å². The van der Waals surface area contributed by atoms with Gasteiger partial charge in [-0.1, -0.05) is 0 Å². The van der Waals surface area contributed by atoms with Crippen molar-refractivity contribution in [3.63, 3.8) is 0 Å². The van der Waals surface area contributed by atoms with Gasteiger partial charge in [0.2, 0.25) is 0 Å². The number of halogens is 1. The van der Waals surface area contributed by atoms with Crippen molar-refractivity contribution in [2.24, 2.45) is 0 Å². The molecule has 1 N–H and O–H groups in total. The van der Waals surface area contributed by atoms with Crippen molar-refractivity contribution in [3.8, 4) is 5.75 Å². The van der Waals surface area contributed by atoms with Crippen LogP contribution in [0.15, 0.2) is 18.2 Å². The summed E-state index contributed by atoms with van der Waals surface area (Å²) < 4.78 is 22.8. The number of alkyl carbamates (subject to hydrolysis) is 1. The number of carbonyl (C=O) groups excluding carboxylic acids is 1. The van der Waals surface area contributed by atoms with Crippen molar-refractivity contribution in [2.75, 3.05) is 13.7 Å². The van der Waals surface area contributed by atoms with Gasteiger partial charge in [-0.15, -0.1) is 0 Å². The van der Waals surface area contributed by atoms with Crippen molar-refractivity contribution < 1.29 is 18.7 Å². The largest absolute Gasteiger partial charge is 0.496 e. The molecule has 1 saturated heterocycles. The van der Waals surface area contributed by atoms with Crippen LogP contribution < -0.4 is 10.1 Å². The van der Waals surface area contributed by atoms with Crippen LogP contribution >= 0.6 is 0 Å². The summed E-state index contributed by atoms with van der Waals surface area (Å²) in [5.74, 6) is 0.166. The molecule has 1 heterocycles. The molecule has 0 aromatic heterocycles. The summed E-state index contributed by atoms with van der Waals surface area (Å²) in [5.41, 5.74) is 0.586. The Morgan fingerprint density at radius 3 is 3.00 bits per heavy atom. The van der Waals surface area contributed by atoms with Gasteiger partial charge < -0.3 is 14.8 Å². The predicted octanol–water partition coefficient (Wildman–Crippen LogP) is 1.62. The number of amides is 1. The lowest BCUT2D eigenvalue weighted by Crippen LogP contribution is -2.19. The highest BCUT2D eigenvalue weighted by Crippen LogP contribution is 2.28. The Kier molecular flexibility index (Phi) is 2.45. The van der Waals surface area contributed by atoms with Crippen LogP contribution in [0.25, 0.3) is 0 Å². The first kappa shape index (κ1) is 9.76. The summed E-state index contributed by atoms with van der Waals surface area (Å²) in [7, 11) is 1.49. The highest BCUT2D eigenvalue weighted by atomic mass is 19.1. The maximum absolute atomic E-state index is 13.0. The van der Waals surface area contributed by atoms with Gasteiger partial charge in [0.25, 0.3) is 0 Å². The third-order valence-electron chi connectivity index (χ3n) is 2.24. The Bertz CT molecular complexity index is 394. The Labute approximate surface area is 86.0 Å². The summed E-state index contributed by atoms with van der Waals surface area (Å²) in [4.78, 5) is 10.8. The first-order valence-corrected chi connectivity index (χ1v) is 4.47. The molecule has 1 atom stereocenters. The Hall–Kier alpha value is -1.78. The Balaban J connectivity index is 2.33. The molecular formula is C10H10FNO3. The summed E-state index contributed by atoms with van der Waals surface area (Å²) in [6.07, 6.45) is -0.494. The van der Waals surface area contributed by atoms with E-state index in [1.165, 1.54) is 25.3 Å².